The van der Waals surface area contributed by atoms with Crippen molar-refractivity contribution in [3.05, 3.63) is 71.3 Å². The van der Waals surface area contributed by atoms with Crippen LogP contribution in [0, 0.1) is 0 Å². The summed E-state index contributed by atoms with van der Waals surface area (Å²) in [6.07, 6.45) is 0.444. The van der Waals surface area contributed by atoms with Gasteiger partial charge < -0.3 is 10.6 Å². The minimum absolute atomic E-state index is 0.00904. The Balaban J connectivity index is 1.87. The van der Waals surface area contributed by atoms with Crippen LogP contribution in [0.15, 0.2) is 54.6 Å². The average Bonchev–Trinajstić information content (AvgIpc) is 2.61. The molecule has 2 rings (SSSR count). The van der Waals surface area contributed by atoms with E-state index in [4.69, 9.17) is 0 Å². The van der Waals surface area contributed by atoms with Crippen molar-refractivity contribution < 1.29 is 9.59 Å². The van der Waals surface area contributed by atoms with Crippen molar-refractivity contribution in [3.8, 4) is 0 Å². The zero-order valence-corrected chi connectivity index (χ0v) is 14.2. The largest absolute Gasteiger partial charge is 0.352 e. The van der Waals surface area contributed by atoms with E-state index in [2.05, 4.69) is 10.6 Å². The molecule has 4 nitrogen and oxygen atoms in total. The van der Waals surface area contributed by atoms with Gasteiger partial charge in [0.15, 0.2) is 0 Å². The lowest BCUT2D eigenvalue weighted by Gasteiger charge is -2.12. The van der Waals surface area contributed by atoms with Gasteiger partial charge in [0, 0.05) is 25.1 Å². The fourth-order valence-corrected chi connectivity index (χ4v) is 2.54. The first kappa shape index (κ1) is 17.7. The summed E-state index contributed by atoms with van der Waals surface area (Å²) < 4.78 is 0. The maximum Gasteiger partial charge on any atom is 0.251 e. The Morgan fingerprint density at radius 2 is 1.75 bits per heavy atom. The quantitative estimate of drug-likeness (QED) is 0.821. The zero-order chi connectivity index (χ0) is 17.4. The zero-order valence-electron chi connectivity index (χ0n) is 14.2. The highest BCUT2D eigenvalue weighted by Crippen LogP contribution is 2.18. The highest BCUT2D eigenvalue weighted by Gasteiger charge is 2.11. The van der Waals surface area contributed by atoms with Crippen LogP contribution in [0.25, 0.3) is 0 Å². The van der Waals surface area contributed by atoms with Gasteiger partial charge in [0.05, 0.1) is 0 Å². The first-order valence-electron chi connectivity index (χ1n) is 8.29. The number of amides is 2. The van der Waals surface area contributed by atoms with E-state index in [1.807, 2.05) is 62.4 Å². The fraction of sp³-hybridized carbons (Fsp3) is 0.300. The second-order valence-electron chi connectivity index (χ2n) is 5.85. The predicted octanol–water partition coefficient (Wildman–Crippen LogP) is 3.25. The number of nitrogens with one attached hydrogen (secondary N) is 2. The van der Waals surface area contributed by atoms with Crippen molar-refractivity contribution in [1.82, 2.24) is 10.6 Å². The van der Waals surface area contributed by atoms with Crippen molar-refractivity contribution in [2.24, 2.45) is 0 Å². The summed E-state index contributed by atoms with van der Waals surface area (Å²) in [6.45, 7) is 4.95. The molecule has 0 aliphatic rings. The lowest BCUT2D eigenvalue weighted by atomic mass is 9.97. The molecule has 126 valence electrons. The molecule has 2 aromatic carbocycles. The molecular formula is C20H24N2O2. The fourth-order valence-electron chi connectivity index (χ4n) is 2.54. The van der Waals surface area contributed by atoms with E-state index in [-0.39, 0.29) is 17.7 Å². The van der Waals surface area contributed by atoms with Gasteiger partial charge in [-0.25, -0.2) is 0 Å². The SMILES string of the molecule is CCNC(=O)c1cccc(CNC(=O)CC(C)c2ccccc2)c1. The van der Waals surface area contributed by atoms with Gasteiger partial charge in [-0.05, 0) is 36.1 Å². The van der Waals surface area contributed by atoms with Gasteiger partial charge in [0.1, 0.15) is 0 Å². The minimum Gasteiger partial charge on any atom is -0.352 e. The van der Waals surface area contributed by atoms with Crippen LogP contribution in [0.5, 0.6) is 0 Å². The van der Waals surface area contributed by atoms with Crippen LogP contribution in [-0.4, -0.2) is 18.4 Å². The third-order valence-corrected chi connectivity index (χ3v) is 3.88. The van der Waals surface area contributed by atoms with E-state index < -0.39 is 0 Å². The lowest BCUT2D eigenvalue weighted by molar-refractivity contribution is -0.121. The summed E-state index contributed by atoms with van der Waals surface area (Å²) in [5, 5.41) is 5.70. The molecule has 24 heavy (non-hydrogen) atoms. The summed E-state index contributed by atoms with van der Waals surface area (Å²) in [4.78, 5) is 24.0. The molecule has 0 aromatic heterocycles. The topological polar surface area (TPSA) is 58.2 Å². The van der Waals surface area contributed by atoms with Gasteiger partial charge in [0.2, 0.25) is 5.91 Å². The molecule has 2 aromatic rings. The van der Waals surface area contributed by atoms with Crippen LogP contribution in [0.2, 0.25) is 0 Å². The smallest absolute Gasteiger partial charge is 0.251 e. The summed E-state index contributed by atoms with van der Waals surface area (Å²) in [5.41, 5.74) is 2.69. The molecule has 0 bridgehead atoms. The molecule has 0 aliphatic heterocycles. The van der Waals surface area contributed by atoms with E-state index in [0.717, 1.165) is 11.1 Å². The Morgan fingerprint density at radius 1 is 1.00 bits per heavy atom. The summed E-state index contributed by atoms with van der Waals surface area (Å²) >= 11 is 0. The second-order valence-corrected chi connectivity index (χ2v) is 5.85. The van der Waals surface area contributed by atoms with E-state index in [1.165, 1.54) is 0 Å². The van der Waals surface area contributed by atoms with Gasteiger partial charge in [-0.1, -0.05) is 49.4 Å². The normalized spacial score (nSPS) is 11.6. The summed E-state index contributed by atoms with van der Waals surface area (Å²) in [5.74, 6) is 0.0889. The van der Waals surface area contributed by atoms with Gasteiger partial charge in [0.25, 0.3) is 5.91 Å². The third kappa shape index (κ3) is 5.23. The Morgan fingerprint density at radius 3 is 2.46 bits per heavy atom. The van der Waals surface area contributed by atoms with Crippen LogP contribution in [0.1, 0.15) is 47.7 Å². The molecule has 0 heterocycles. The van der Waals surface area contributed by atoms with Crippen molar-refractivity contribution in [3.63, 3.8) is 0 Å². The molecule has 2 amide bonds. The molecule has 4 heteroatoms. The highest BCUT2D eigenvalue weighted by molar-refractivity contribution is 5.94. The van der Waals surface area contributed by atoms with Gasteiger partial charge in [-0.3, -0.25) is 9.59 Å². The maximum absolute atomic E-state index is 12.1. The minimum atomic E-state index is -0.0941. The molecule has 0 saturated carbocycles. The average molecular weight is 324 g/mol. The molecule has 1 atom stereocenters. The van der Waals surface area contributed by atoms with Crippen LogP contribution in [-0.2, 0) is 11.3 Å². The molecule has 2 N–H and O–H groups in total. The first-order valence-corrected chi connectivity index (χ1v) is 8.29. The summed E-state index contributed by atoms with van der Waals surface area (Å²) in [6, 6.07) is 17.3. The van der Waals surface area contributed by atoms with Gasteiger partial charge >= 0.3 is 0 Å². The first-order chi connectivity index (χ1) is 11.6. The van der Waals surface area contributed by atoms with Crippen molar-refractivity contribution in [2.75, 3.05) is 6.54 Å². The van der Waals surface area contributed by atoms with Crippen molar-refractivity contribution >= 4 is 11.8 Å². The molecule has 0 saturated heterocycles. The maximum atomic E-state index is 12.1. The van der Waals surface area contributed by atoms with Crippen LogP contribution < -0.4 is 10.6 Å². The molecule has 1 unspecified atom stereocenters. The second kappa shape index (κ2) is 8.87. The van der Waals surface area contributed by atoms with Gasteiger partial charge in [-0.2, -0.15) is 0 Å². The molecule has 0 fully saturated rings. The Hall–Kier alpha value is -2.62. The van der Waals surface area contributed by atoms with E-state index in [9.17, 15) is 9.59 Å². The predicted molar refractivity (Wildman–Crippen MR) is 95.8 cm³/mol. The number of benzene rings is 2. The van der Waals surface area contributed by atoms with Crippen molar-refractivity contribution in [1.29, 1.82) is 0 Å². The van der Waals surface area contributed by atoms with Crippen LogP contribution in [0.3, 0.4) is 0 Å². The van der Waals surface area contributed by atoms with Crippen LogP contribution >= 0.6 is 0 Å². The summed E-state index contributed by atoms with van der Waals surface area (Å²) in [7, 11) is 0. The molecular weight excluding hydrogens is 300 g/mol. The lowest BCUT2D eigenvalue weighted by Crippen LogP contribution is -2.25. The third-order valence-electron chi connectivity index (χ3n) is 3.88. The Bertz CT molecular complexity index is 683. The Labute approximate surface area is 143 Å². The van der Waals surface area contributed by atoms with E-state index in [0.29, 0.717) is 25.1 Å². The van der Waals surface area contributed by atoms with E-state index >= 15 is 0 Å². The number of carbonyl (C=O) groups is 2. The number of hydrogen-bond acceptors (Lipinski definition) is 2. The number of carbonyl (C=O) groups excluding carboxylic acids is 2. The molecule has 0 spiro atoms. The standard InChI is InChI=1S/C20H24N2O2/c1-3-21-20(24)18-11-7-8-16(13-18)14-22-19(23)12-15(2)17-9-5-4-6-10-17/h4-11,13,15H,3,12,14H2,1-2H3,(H,21,24)(H,22,23). The van der Waals surface area contributed by atoms with Crippen LogP contribution in [0.4, 0.5) is 0 Å². The van der Waals surface area contributed by atoms with Gasteiger partial charge in [-0.15, -0.1) is 0 Å². The Kier molecular flexibility index (Phi) is 6.55. The number of hydrogen-bond donors (Lipinski definition) is 2. The molecule has 0 radical (unpaired) electrons. The highest BCUT2D eigenvalue weighted by atomic mass is 16.2. The van der Waals surface area contributed by atoms with E-state index in [1.54, 1.807) is 6.07 Å². The monoisotopic (exact) mass is 324 g/mol. The van der Waals surface area contributed by atoms with Crippen molar-refractivity contribution in [2.45, 2.75) is 32.7 Å². The number of rotatable bonds is 7. The molecule has 0 aliphatic carbocycles.